The van der Waals surface area contributed by atoms with Gasteiger partial charge in [0.15, 0.2) is 0 Å². The minimum Gasteiger partial charge on any atom is -0.367 e. The van der Waals surface area contributed by atoms with E-state index in [-0.39, 0.29) is 0 Å². The summed E-state index contributed by atoms with van der Waals surface area (Å²) in [5, 5.41) is 8.89. The minimum absolute atomic E-state index is 0.444. The first kappa shape index (κ1) is 17.9. The number of likely N-dealkylation sites (N-methyl/N-ethyl adjacent to an activating group) is 1. The Morgan fingerprint density at radius 2 is 1.48 bits per heavy atom. The molecule has 0 aliphatic carbocycles. The molecule has 5 rings (SSSR count). The largest absolute Gasteiger partial charge is 0.367 e. The highest BCUT2D eigenvalue weighted by Crippen LogP contribution is 2.35. The minimum atomic E-state index is 0.444. The van der Waals surface area contributed by atoms with Crippen molar-refractivity contribution in [3.8, 4) is 28.3 Å². The van der Waals surface area contributed by atoms with Crippen LogP contribution in [0, 0.1) is 17.2 Å². The van der Waals surface area contributed by atoms with Gasteiger partial charge in [0.2, 0.25) is 0 Å². The Morgan fingerprint density at radius 3 is 2.10 bits per heavy atom. The monoisotopic (exact) mass is 380 g/mol. The fourth-order valence-electron chi connectivity index (χ4n) is 4.82. The molecule has 2 saturated heterocycles. The molecule has 2 atom stereocenters. The van der Waals surface area contributed by atoms with E-state index in [0.717, 1.165) is 17.0 Å². The van der Waals surface area contributed by atoms with Crippen LogP contribution >= 0.6 is 0 Å². The van der Waals surface area contributed by atoms with Crippen molar-refractivity contribution < 1.29 is 0 Å². The van der Waals surface area contributed by atoms with Gasteiger partial charge in [0.1, 0.15) is 11.8 Å². The Kier molecular flexibility index (Phi) is 4.54. The van der Waals surface area contributed by atoms with E-state index in [2.05, 4.69) is 76.4 Å². The summed E-state index contributed by atoms with van der Waals surface area (Å²) < 4.78 is 0. The number of aromatic nitrogens is 1. The fourth-order valence-corrected chi connectivity index (χ4v) is 4.82. The van der Waals surface area contributed by atoms with Crippen molar-refractivity contribution in [1.82, 2.24) is 9.88 Å². The van der Waals surface area contributed by atoms with Crippen LogP contribution in [-0.2, 0) is 0 Å². The van der Waals surface area contributed by atoms with Gasteiger partial charge in [-0.05, 0) is 60.3 Å². The van der Waals surface area contributed by atoms with Crippen molar-refractivity contribution in [2.24, 2.45) is 5.92 Å². The van der Waals surface area contributed by atoms with E-state index >= 15 is 0 Å². The van der Waals surface area contributed by atoms with Crippen LogP contribution in [-0.4, -0.2) is 42.6 Å². The maximum Gasteiger partial charge on any atom is 0.140 e. The third-order valence-corrected chi connectivity index (χ3v) is 6.36. The van der Waals surface area contributed by atoms with Gasteiger partial charge >= 0.3 is 0 Å². The van der Waals surface area contributed by atoms with Gasteiger partial charge in [-0.2, -0.15) is 5.26 Å². The fraction of sp³-hybridized carbons (Fsp3) is 0.280. The summed E-state index contributed by atoms with van der Waals surface area (Å²) in [6, 6.07) is 24.0. The average Bonchev–Trinajstić information content (AvgIpc) is 3.33. The molecule has 0 spiro atoms. The van der Waals surface area contributed by atoms with E-state index in [1.54, 1.807) is 12.3 Å². The lowest BCUT2D eigenvalue weighted by molar-refractivity contribution is 0.386. The van der Waals surface area contributed by atoms with Crippen LogP contribution in [0.3, 0.4) is 0 Å². The zero-order valence-corrected chi connectivity index (χ0v) is 16.6. The van der Waals surface area contributed by atoms with E-state index in [9.17, 15) is 0 Å². The molecule has 1 aromatic heterocycles. The molecule has 2 aromatic carbocycles. The van der Waals surface area contributed by atoms with E-state index < -0.39 is 0 Å². The molecule has 2 fully saturated rings. The molecule has 2 aliphatic rings. The highest BCUT2D eigenvalue weighted by Gasteiger charge is 2.39. The molecule has 0 bridgehead atoms. The van der Waals surface area contributed by atoms with Crippen LogP contribution in [0.15, 0.2) is 66.9 Å². The second-order valence-electron chi connectivity index (χ2n) is 8.20. The van der Waals surface area contributed by atoms with E-state index in [0.29, 0.717) is 11.7 Å². The van der Waals surface area contributed by atoms with Crippen LogP contribution in [0.2, 0.25) is 0 Å². The Labute approximate surface area is 172 Å². The van der Waals surface area contributed by atoms with Gasteiger partial charge < -0.3 is 9.80 Å². The molecule has 144 valence electrons. The number of nitriles is 1. The Bertz CT molecular complexity index is 1030. The van der Waals surface area contributed by atoms with E-state index in [1.165, 1.54) is 42.9 Å². The molecule has 4 nitrogen and oxygen atoms in total. The van der Waals surface area contributed by atoms with Crippen molar-refractivity contribution in [1.29, 1.82) is 5.26 Å². The number of hydrogen-bond acceptors (Lipinski definition) is 4. The van der Waals surface area contributed by atoms with Crippen LogP contribution in [0.4, 0.5) is 5.69 Å². The molecule has 0 unspecified atom stereocenters. The summed E-state index contributed by atoms with van der Waals surface area (Å²) >= 11 is 0. The Morgan fingerprint density at radius 1 is 0.862 bits per heavy atom. The predicted octanol–water partition coefficient (Wildman–Crippen LogP) is 4.43. The van der Waals surface area contributed by atoms with Gasteiger partial charge in [0.05, 0.1) is 0 Å². The SMILES string of the molecule is CN1C[C@H]2CCN(c3ccc(-c4ccc(-c5ccc(C#N)nc5)cc4)cc3)[C@H]2C1. The smallest absolute Gasteiger partial charge is 0.140 e. The van der Waals surface area contributed by atoms with Gasteiger partial charge in [0, 0.05) is 43.1 Å². The van der Waals surface area contributed by atoms with Crippen LogP contribution in [0.1, 0.15) is 12.1 Å². The topological polar surface area (TPSA) is 43.2 Å². The molecule has 3 heterocycles. The lowest BCUT2D eigenvalue weighted by atomic mass is 10.0. The maximum atomic E-state index is 8.89. The molecule has 0 amide bonds. The molecule has 2 aliphatic heterocycles. The number of pyridine rings is 1. The molecule has 0 saturated carbocycles. The highest BCUT2D eigenvalue weighted by atomic mass is 15.3. The molecule has 4 heteroatoms. The molecule has 29 heavy (non-hydrogen) atoms. The first-order chi connectivity index (χ1) is 14.2. The van der Waals surface area contributed by atoms with Gasteiger partial charge in [-0.3, -0.25) is 0 Å². The average molecular weight is 380 g/mol. The van der Waals surface area contributed by atoms with Crippen molar-refractivity contribution in [3.63, 3.8) is 0 Å². The van der Waals surface area contributed by atoms with Gasteiger partial charge in [-0.15, -0.1) is 0 Å². The van der Waals surface area contributed by atoms with Crippen LogP contribution < -0.4 is 4.90 Å². The predicted molar refractivity (Wildman–Crippen MR) is 117 cm³/mol. The molecular formula is C25H24N4. The van der Waals surface area contributed by atoms with Crippen molar-refractivity contribution >= 4 is 5.69 Å². The van der Waals surface area contributed by atoms with E-state index in [4.69, 9.17) is 5.26 Å². The number of hydrogen-bond donors (Lipinski definition) is 0. The number of likely N-dealkylation sites (tertiary alicyclic amines) is 1. The van der Waals surface area contributed by atoms with Gasteiger partial charge in [-0.25, -0.2) is 4.98 Å². The lowest BCUT2D eigenvalue weighted by Gasteiger charge is -2.26. The molecule has 3 aromatic rings. The number of fused-ring (bicyclic) bond motifs is 1. The maximum absolute atomic E-state index is 8.89. The van der Waals surface area contributed by atoms with Crippen molar-refractivity contribution in [2.75, 3.05) is 31.6 Å². The van der Waals surface area contributed by atoms with Crippen molar-refractivity contribution in [2.45, 2.75) is 12.5 Å². The van der Waals surface area contributed by atoms with E-state index in [1.807, 2.05) is 6.07 Å². The van der Waals surface area contributed by atoms with Gasteiger partial charge in [-0.1, -0.05) is 36.4 Å². The second kappa shape index (κ2) is 7.35. The summed E-state index contributed by atoms with van der Waals surface area (Å²) in [6.07, 6.45) is 3.06. The quantitative estimate of drug-likeness (QED) is 0.674. The van der Waals surface area contributed by atoms with Gasteiger partial charge in [0.25, 0.3) is 0 Å². The Balaban J connectivity index is 1.33. The molecule has 0 radical (unpaired) electrons. The number of rotatable bonds is 3. The second-order valence-corrected chi connectivity index (χ2v) is 8.20. The lowest BCUT2D eigenvalue weighted by Crippen LogP contribution is -2.34. The molecule has 0 N–H and O–H groups in total. The standard InChI is InChI=1S/C25H24N4/c1-28-16-22-12-13-29(25(22)17-28)24-10-7-19(8-11-24)18-2-4-20(5-3-18)21-6-9-23(14-26)27-15-21/h2-11,15,22,25H,12-13,16-17H2,1H3/t22-,25+/m1/s1. The molecular weight excluding hydrogens is 356 g/mol. The summed E-state index contributed by atoms with van der Waals surface area (Å²) in [5.41, 5.74) is 6.36. The number of benzene rings is 2. The number of nitrogens with zero attached hydrogens (tertiary/aromatic N) is 4. The summed E-state index contributed by atoms with van der Waals surface area (Å²) in [5.74, 6) is 0.823. The third kappa shape index (κ3) is 3.39. The summed E-state index contributed by atoms with van der Waals surface area (Å²) in [4.78, 5) is 9.22. The zero-order chi connectivity index (χ0) is 19.8. The summed E-state index contributed by atoms with van der Waals surface area (Å²) in [6.45, 7) is 3.59. The highest BCUT2D eigenvalue weighted by molar-refractivity contribution is 5.71. The normalized spacial score (nSPS) is 21.2. The zero-order valence-electron chi connectivity index (χ0n) is 16.6. The van der Waals surface area contributed by atoms with Crippen LogP contribution in [0.5, 0.6) is 0 Å². The van der Waals surface area contributed by atoms with Crippen molar-refractivity contribution in [3.05, 3.63) is 72.6 Å². The summed E-state index contributed by atoms with van der Waals surface area (Å²) in [7, 11) is 2.23. The Hall–Kier alpha value is -3.16. The number of anilines is 1. The first-order valence-electron chi connectivity index (χ1n) is 10.2. The first-order valence-corrected chi connectivity index (χ1v) is 10.2. The van der Waals surface area contributed by atoms with Crippen LogP contribution in [0.25, 0.3) is 22.3 Å². The third-order valence-electron chi connectivity index (χ3n) is 6.36.